The molecule has 0 radical (unpaired) electrons. The van der Waals surface area contributed by atoms with Crippen LogP contribution in [0.3, 0.4) is 0 Å². The van der Waals surface area contributed by atoms with Crippen LogP contribution in [-0.4, -0.2) is 19.4 Å². The molecule has 0 aliphatic heterocycles. The number of rotatable bonds is 3. The zero-order chi connectivity index (χ0) is 6.57. The fraction of sp³-hybridized carbons (Fsp3) is 1.00. The van der Waals surface area contributed by atoms with E-state index < -0.39 is 12.8 Å². The Kier molecular flexibility index (Phi) is 3.59. The smallest absolute Gasteiger partial charge is 0.320 e. The number of ether oxygens (including phenoxy) is 1. The van der Waals surface area contributed by atoms with E-state index in [1.165, 1.54) is 0 Å². The molecule has 0 aromatic carbocycles. The maximum Gasteiger partial charge on any atom is 0.345 e. The van der Waals surface area contributed by atoms with E-state index in [1.54, 1.807) is 0 Å². The monoisotopic (exact) mass is 126 g/mol. The quantitative estimate of drug-likeness (QED) is 0.499. The van der Waals surface area contributed by atoms with Gasteiger partial charge in [0.2, 0.25) is 0 Å². The van der Waals surface area contributed by atoms with Gasteiger partial charge < -0.3 is 16.2 Å². The van der Waals surface area contributed by atoms with E-state index in [9.17, 15) is 8.78 Å². The molecule has 0 amide bonds. The van der Waals surface area contributed by atoms with Crippen molar-refractivity contribution in [2.24, 2.45) is 11.5 Å². The summed E-state index contributed by atoms with van der Waals surface area (Å²) in [6.07, 6.45) is -0.816. The molecule has 3 nitrogen and oxygen atoms in total. The van der Waals surface area contributed by atoms with Gasteiger partial charge in [-0.3, -0.25) is 0 Å². The van der Waals surface area contributed by atoms with Crippen LogP contribution >= 0.6 is 0 Å². The molecule has 0 spiro atoms. The second-order valence-corrected chi connectivity index (χ2v) is 1.26. The van der Waals surface area contributed by atoms with Crippen LogP contribution in [0.1, 0.15) is 0 Å². The Morgan fingerprint density at radius 3 is 2.00 bits per heavy atom. The summed E-state index contributed by atoms with van der Waals surface area (Å²) in [6.45, 7) is -3.08. The van der Waals surface area contributed by atoms with Crippen molar-refractivity contribution >= 4 is 0 Å². The van der Waals surface area contributed by atoms with Gasteiger partial charge in [0.05, 0.1) is 12.8 Å². The molecule has 0 aromatic heterocycles. The summed E-state index contributed by atoms with van der Waals surface area (Å²) < 4.78 is 25.8. The lowest BCUT2D eigenvalue weighted by Gasteiger charge is -2.03. The van der Waals surface area contributed by atoms with Gasteiger partial charge in [-0.25, -0.2) is 0 Å². The van der Waals surface area contributed by atoms with Crippen molar-refractivity contribution in [3.05, 3.63) is 0 Å². The SMILES string of the molecule is NC(N)COC(F)F. The first-order chi connectivity index (χ1) is 3.63. The third-order valence-electron chi connectivity index (χ3n) is 0.415. The van der Waals surface area contributed by atoms with Crippen LogP contribution in [-0.2, 0) is 4.74 Å². The van der Waals surface area contributed by atoms with E-state index in [0.29, 0.717) is 0 Å². The van der Waals surface area contributed by atoms with Crippen molar-refractivity contribution in [1.82, 2.24) is 0 Å². The molecule has 8 heavy (non-hydrogen) atoms. The van der Waals surface area contributed by atoms with Gasteiger partial charge in [-0.15, -0.1) is 0 Å². The van der Waals surface area contributed by atoms with Crippen molar-refractivity contribution < 1.29 is 13.5 Å². The Morgan fingerprint density at radius 2 is 1.88 bits per heavy atom. The third kappa shape index (κ3) is 5.74. The highest BCUT2D eigenvalue weighted by Gasteiger charge is 2.01. The first kappa shape index (κ1) is 7.74. The molecule has 4 N–H and O–H groups in total. The minimum Gasteiger partial charge on any atom is -0.320 e. The lowest BCUT2D eigenvalue weighted by Crippen LogP contribution is -2.36. The molecule has 0 bridgehead atoms. The van der Waals surface area contributed by atoms with Gasteiger partial charge in [0.25, 0.3) is 0 Å². The summed E-state index contributed by atoms with van der Waals surface area (Å²) in [4.78, 5) is 0. The van der Waals surface area contributed by atoms with Gasteiger partial charge in [0.1, 0.15) is 0 Å². The van der Waals surface area contributed by atoms with Crippen LogP contribution in [0, 0.1) is 0 Å². The Labute approximate surface area is 45.6 Å². The highest BCUT2D eigenvalue weighted by Crippen LogP contribution is 1.92. The highest BCUT2D eigenvalue weighted by atomic mass is 19.3. The molecule has 0 heterocycles. The predicted octanol–water partition coefficient (Wildman–Crippen LogP) is -0.531. The van der Waals surface area contributed by atoms with Gasteiger partial charge in [0, 0.05) is 0 Å². The van der Waals surface area contributed by atoms with Crippen LogP contribution in [0.4, 0.5) is 8.78 Å². The Hall–Kier alpha value is -0.260. The lowest BCUT2D eigenvalue weighted by molar-refractivity contribution is -0.131. The molecule has 0 rings (SSSR count). The molecule has 0 unspecified atom stereocenters. The molecule has 0 fully saturated rings. The molecule has 0 atom stereocenters. The third-order valence-corrected chi connectivity index (χ3v) is 0.415. The van der Waals surface area contributed by atoms with E-state index in [4.69, 9.17) is 11.5 Å². The van der Waals surface area contributed by atoms with Gasteiger partial charge in [-0.1, -0.05) is 0 Å². The van der Waals surface area contributed by atoms with Crippen molar-refractivity contribution in [3.8, 4) is 0 Å². The first-order valence-electron chi connectivity index (χ1n) is 2.04. The molecule has 0 aromatic rings. The normalized spacial score (nSPS) is 11.2. The van der Waals surface area contributed by atoms with Crippen molar-refractivity contribution in [2.75, 3.05) is 6.61 Å². The topological polar surface area (TPSA) is 61.3 Å². The first-order valence-corrected chi connectivity index (χ1v) is 2.04. The van der Waals surface area contributed by atoms with Crippen molar-refractivity contribution in [1.29, 1.82) is 0 Å². The molecule has 5 heteroatoms. The number of halogens is 2. The minimum atomic E-state index is -2.77. The molecule has 0 aliphatic rings. The summed E-state index contributed by atoms with van der Waals surface area (Å²) in [5.74, 6) is 0. The standard InChI is InChI=1S/C3H8F2N2O/c4-3(5)8-1-2(6)7/h2-3H,1,6-7H2. The molecule has 50 valence electrons. The Balaban J connectivity index is 2.93. The van der Waals surface area contributed by atoms with Gasteiger partial charge in [-0.05, 0) is 0 Å². The van der Waals surface area contributed by atoms with Crippen LogP contribution in [0.5, 0.6) is 0 Å². The minimum absolute atomic E-state index is 0.308. The molecular weight excluding hydrogens is 118 g/mol. The maximum absolute atomic E-state index is 11.1. The number of hydrogen-bond acceptors (Lipinski definition) is 3. The van der Waals surface area contributed by atoms with E-state index in [1.807, 2.05) is 0 Å². The lowest BCUT2D eigenvalue weighted by atomic mass is 10.6. The average Bonchev–Trinajstić information content (AvgIpc) is 1.61. The van der Waals surface area contributed by atoms with E-state index >= 15 is 0 Å². The van der Waals surface area contributed by atoms with Gasteiger partial charge >= 0.3 is 6.61 Å². The van der Waals surface area contributed by atoms with E-state index in [0.717, 1.165) is 0 Å². The largest absolute Gasteiger partial charge is 0.345 e. The number of hydrogen-bond donors (Lipinski definition) is 2. The second-order valence-electron chi connectivity index (χ2n) is 1.26. The van der Waals surface area contributed by atoms with E-state index in [2.05, 4.69) is 4.74 Å². The average molecular weight is 126 g/mol. The van der Waals surface area contributed by atoms with Crippen LogP contribution in [0.25, 0.3) is 0 Å². The van der Waals surface area contributed by atoms with Gasteiger partial charge in [0.15, 0.2) is 0 Å². The van der Waals surface area contributed by atoms with Crippen LogP contribution in [0.2, 0.25) is 0 Å². The zero-order valence-corrected chi connectivity index (χ0v) is 4.18. The summed E-state index contributed by atoms with van der Waals surface area (Å²) in [5, 5.41) is 0. The highest BCUT2D eigenvalue weighted by molar-refractivity contribution is 4.44. The second kappa shape index (κ2) is 3.71. The summed E-state index contributed by atoms with van der Waals surface area (Å²) in [6, 6.07) is 0. The zero-order valence-electron chi connectivity index (χ0n) is 4.18. The Morgan fingerprint density at radius 1 is 1.38 bits per heavy atom. The molecule has 0 aliphatic carbocycles. The number of alkyl halides is 2. The summed E-state index contributed by atoms with van der Waals surface area (Å²) in [5.41, 5.74) is 9.72. The maximum atomic E-state index is 11.1. The van der Waals surface area contributed by atoms with Gasteiger partial charge in [-0.2, -0.15) is 8.78 Å². The Bertz CT molecular complexity index is 51.2. The van der Waals surface area contributed by atoms with Crippen LogP contribution in [0.15, 0.2) is 0 Å². The predicted molar refractivity (Wildman–Crippen MR) is 24.1 cm³/mol. The van der Waals surface area contributed by atoms with Crippen LogP contribution < -0.4 is 11.5 Å². The summed E-state index contributed by atoms with van der Waals surface area (Å²) in [7, 11) is 0. The summed E-state index contributed by atoms with van der Waals surface area (Å²) >= 11 is 0. The van der Waals surface area contributed by atoms with Crippen molar-refractivity contribution in [3.63, 3.8) is 0 Å². The number of nitrogens with two attached hydrogens (primary N) is 2. The fourth-order valence-corrected chi connectivity index (χ4v) is 0.184. The molecule has 0 saturated carbocycles. The molecule has 0 saturated heterocycles. The van der Waals surface area contributed by atoms with E-state index in [-0.39, 0.29) is 6.61 Å². The van der Waals surface area contributed by atoms with Crippen molar-refractivity contribution in [2.45, 2.75) is 12.8 Å². The fourth-order valence-electron chi connectivity index (χ4n) is 0.184. The molecular formula is C3H8F2N2O.